The number of benzene rings is 1. The molecule has 0 bridgehead atoms. The largest absolute Gasteiger partial charge is 0.491 e. The molecule has 1 aliphatic carbocycles. The van der Waals surface area contributed by atoms with E-state index in [0.29, 0.717) is 18.2 Å². The van der Waals surface area contributed by atoms with Crippen molar-refractivity contribution in [3.05, 3.63) is 53.6 Å². The molecule has 0 aliphatic heterocycles. The van der Waals surface area contributed by atoms with Crippen molar-refractivity contribution < 1.29 is 4.74 Å². The van der Waals surface area contributed by atoms with Gasteiger partial charge in [-0.1, -0.05) is 37.8 Å². The molecule has 1 aromatic heterocycles. The average Bonchev–Trinajstić information content (AvgIpc) is 2.63. The van der Waals surface area contributed by atoms with Crippen LogP contribution >= 0.6 is 0 Å². The SMILES string of the molecule is CCOc1cnc(C#Cc2ccc(C3CCC(C)CC3)cc2)nc1. The van der Waals surface area contributed by atoms with E-state index in [4.69, 9.17) is 4.74 Å². The van der Waals surface area contributed by atoms with Gasteiger partial charge in [-0.25, -0.2) is 9.97 Å². The van der Waals surface area contributed by atoms with E-state index < -0.39 is 0 Å². The van der Waals surface area contributed by atoms with Crippen LogP contribution in [0.5, 0.6) is 5.75 Å². The Morgan fingerprint density at radius 1 is 1.00 bits per heavy atom. The van der Waals surface area contributed by atoms with Gasteiger partial charge in [0.15, 0.2) is 5.75 Å². The highest BCUT2D eigenvalue weighted by Gasteiger charge is 2.19. The second kappa shape index (κ2) is 7.97. The van der Waals surface area contributed by atoms with E-state index in [-0.39, 0.29) is 0 Å². The molecule has 0 unspecified atom stereocenters. The summed E-state index contributed by atoms with van der Waals surface area (Å²) >= 11 is 0. The van der Waals surface area contributed by atoms with Gasteiger partial charge in [0, 0.05) is 5.56 Å². The first-order valence-electron chi connectivity index (χ1n) is 8.81. The van der Waals surface area contributed by atoms with Crippen LogP contribution in [0.15, 0.2) is 36.7 Å². The van der Waals surface area contributed by atoms with Crippen LogP contribution in [0.3, 0.4) is 0 Å². The van der Waals surface area contributed by atoms with Crippen molar-refractivity contribution in [2.75, 3.05) is 6.61 Å². The number of rotatable bonds is 3. The summed E-state index contributed by atoms with van der Waals surface area (Å²) in [6.45, 7) is 4.91. The minimum absolute atomic E-state index is 0.517. The minimum Gasteiger partial charge on any atom is -0.491 e. The van der Waals surface area contributed by atoms with Crippen molar-refractivity contribution in [1.82, 2.24) is 9.97 Å². The Kier molecular flexibility index (Phi) is 5.48. The minimum atomic E-state index is 0.517. The number of hydrogen-bond acceptors (Lipinski definition) is 3. The number of nitrogens with zero attached hydrogens (tertiary/aromatic N) is 2. The van der Waals surface area contributed by atoms with Gasteiger partial charge < -0.3 is 4.74 Å². The Morgan fingerprint density at radius 3 is 2.29 bits per heavy atom. The molecule has 0 N–H and O–H groups in total. The van der Waals surface area contributed by atoms with Gasteiger partial charge in [0.25, 0.3) is 0 Å². The van der Waals surface area contributed by atoms with Crippen LogP contribution in [0.2, 0.25) is 0 Å². The van der Waals surface area contributed by atoms with Crippen LogP contribution < -0.4 is 4.74 Å². The van der Waals surface area contributed by atoms with Crippen molar-refractivity contribution in [3.63, 3.8) is 0 Å². The molecule has 0 radical (unpaired) electrons. The molecular weight excluding hydrogens is 296 g/mol. The third kappa shape index (κ3) is 4.35. The first kappa shape index (κ1) is 16.5. The lowest BCUT2D eigenvalue weighted by atomic mass is 9.79. The monoisotopic (exact) mass is 320 g/mol. The maximum absolute atomic E-state index is 5.33. The molecule has 1 aromatic carbocycles. The van der Waals surface area contributed by atoms with E-state index in [9.17, 15) is 0 Å². The zero-order valence-electron chi connectivity index (χ0n) is 14.5. The topological polar surface area (TPSA) is 35.0 Å². The standard InChI is InChI=1S/C21H24N2O/c1-3-24-20-14-22-21(23-15-20)13-8-17-6-11-19(12-7-17)18-9-4-16(2)5-10-18/h6-7,11-12,14-16,18H,3-5,9-10H2,1-2H3. The number of ether oxygens (including phenoxy) is 1. The highest BCUT2D eigenvalue weighted by molar-refractivity contribution is 5.40. The first-order chi connectivity index (χ1) is 11.7. The van der Waals surface area contributed by atoms with Crippen molar-refractivity contribution in [2.24, 2.45) is 5.92 Å². The quantitative estimate of drug-likeness (QED) is 0.777. The summed E-state index contributed by atoms with van der Waals surface area (Å²) in [7, 11) is 0. The molecule has 1 aliphatic rings. The molecule has 3 rings (SSSR count). The molecule has 1 heterocycles. The van der Waals surface area contributed by atoms with Gasteiger partial charge in [0.2, 0.25) is 5.82 Å². The lowest BCUT2D eigenvalue weighted by Gasteiger charge is -2.26. The van der Waals surface area contributed by atoms with E-state index in [1.165, 1.54) is 31.2 Å². The van der Waals surface area contributed by atoms with Crippen LogP contribution in [0.25, 0.3) is 0 Å². The van der Waals surface area contributed by atoms with E-state index in [1.807, 2.05) is 6.92 Å². The number of aromatic nitrogens is 2. The molecule has 1 fully saturated rings. The van der Waals surface area contributed by atoms with Crippen molar-refractivity contribution in [1.29, 1.82) is 0 Å². The summed E-state index contributed by atoms with van der Waals surface area (Å²) in [6, 6.07) is 8.66. The Hall–Kier alpha value is -2.34. The van der Waals surface area contributed by atoms with Gasteiger partial charge in [-0.05, 0) is 55.2 Å². The second-order valence-electron chi connectivity index (χ2n) is 6.50. The van der Waals surface area contributed by atoms with Crippen LogP contribution in [0, 0.1) is 17.8 Å². The molecule has 3 nitrogen and oxygen atoms in total. The maximum atomic E-state index is 5.33. The Bertz CT molecular complexity index is 702. The summed E-state index contributed by atoms with van der Waals surface area (Å²) in [5.41, 5.74) is 2.45. The number of hydrogen-bond donors (Lipinski definition) is 0. The molecule has 1 saturated carbocycles. The second-order valence-corrected chi connectivity index (χ2v) is 6.50. The summed E-state index contributed by atoms with van der Waals surface area (Å²) in [5, 5.41) is 0. The third-order valence-electron chi connectivity index (χ3n) is 4.66. The Labute approximate surface area is 144 Å². The van der Waals surface area contributed by atoms with Gasteiger partial charge >= 0.3 is 0 Å². The molecule has 3 heteroatoms. The van der Waals surface area contributed by atoms with E-state index in [0.717, 1.165) is 17.4 Å². The van der Waals surface area contributed by atoms with Gasteiger partial charge in [0.05, 0.1) is 19.0 Å². The van der Waals surface area contributed by atoms with Gasteiger partial charge in [-0.15, -0.1) is 0 Å². The Morgan fingerprint density at radius 2 is 1.67 bits per heavy atom. The fourth-order valence-electron chi connectivity index (χ4n) is 3.18. The fraction of sp³-hybridized carbons (Fsp3) is 0.429. The predicted molar refractivity (Wildman–Crippen MR) is 96.0 cm³/mol. The average molecular weight is 320 g/mol. The van der Waals surface area contributed by atoms with Crippen LogP contribution in [0.4, 0.5) is 0 Å². The zero-order valence-corrected chi connectivity index (χ0v) is 14.5. The molecular formula is C21H24N2O. The molecule has 0 atom stereocenters. The molecule has 0 spiro atoms. The molecule has 124 valence electrons. The van der Waals surface area contributed by atoms with Crippen molar-refractivity contribution >= 4 is 0 Å². The highest BCUT2D eigenvalue weighted by atomic mass is 16.5. The van der Waals surface area contributed by atoms with Crippen molar-refractivity contribution in [2.45, 2.75) is 45.4 Å². The molecule has 0 amide bonds. The van der Waals surface area contributed by atoms with E-state index in [1.54, 1.807) is 12.4 Å². The molecule has 2 aromatic rings. The zero-order chi connectivity index (χ0) is 16.8. The lowest BCUT2D eigenvalue weighted by Crippen LogP contribution is -2.10. The summed E-state index contributed by atoms with van der Waals surface area (Å²) in [4.78, 5) is 8.40. The first-order valence-corrected chi connectivity index (χ1v) is 8.81. The lowest BCUT2D eigenvalue weighted by molar-refractivity contribution is 0.337. The normalized spacial score (nSPS) is 20.1. The van der Waals surface area contributed by atoms with Crippen LogP contribution in [-0.2, 0) is 0 Å². The summed E-state index contributed by atoms with van der Waals surface area (Å²) in [5.74, 6) is 8.94. The van der Waals surface area contributed by atoms with Gasteiger partial charge in [0.1, 0.15) is 0 Å². The summed E-state index contributed by atoms with van der Waals surface area (Å²) in [6.07, 6.45) is 8.64. The maximum Gasteiger partial charge on any atom is 0.205 e. The van der Waals surface area contributed by atoms with E-state index in [2.05, 4.69) is 53.0 Å². The predicted octanol–water partition coefficient (Wildman–Crippen LogP) is 4.57. The van der Waals surface area contributed by atoms with Gasteiger partial charge in [-0.2, -0.15) is 0 Å². The van der Waals surface area contributed by atoms with Crippen LogP contribution in [0.1, 0.15) is 62.4 Å². The van der Waals surface area contributed by atoms with Crippen LogP contribution in [-0.4, -0.2) is 16.6 Å². The molecule has 0 saturated heterocycles. The smallest absolute Gasteiger partial charge is 0.205 e. The van der Waals surface area contributed by atoms with E-state index >= 15 is 0 Å². The van der Waals surface area contributed by atoms with Gasteiger partial charge in [-0.3, -0.25) is 0 Å². The van der Waals surface area contributed by atoms with Crippen molar-refractivity contribution in [3.8, 4) is 17.6 Å². The summed E-state index contributed by atoms with van der Waals surface area (Å²) < 4.78 is 5.33. The molecule has 24 heavy (non-hydrogen) atoms. The third-order valence-corrected chi connectivity index (χ3v) is 4.66. The Balaban J connectivity index is 1.64. The fourth-order valence-corrected chi connectivity index (χ4v) is 3.18. The highest BCUT2D eigenvalue weighted by Crippen LogP contribution is 2.35.